The summed E-state index contributed by atoms with van der Waals surface area (Å²) in [7, 11) is 0. The van der Waals surface area contributed by atoms with Gasteiger partial charge in [0.1, 0.15) is 23.7 Å². The summed E-state index contributed by atoms with van der Waals surface area (Å²) in [6, 6.07) is 32.3. The Labute approximate surface area is 306 Å². The minimum Gasteiger partial charge on any atom is -0.489 e. The van der Waals surface area contributed by atoms with Crippen LogP contribution < -0.4 is 20.3 Å². The third-order valence-electron chi connectivity index (χ3n) is 8.39. The first kappa shape index (κ1) is 37.0. The van der Waals surface area contributed by atoms with E-state index in [9.17, 15) is 22.8 Å². The van der Waals surface area contributed by atoms with Gasteiger partial charge in [-0.2, -0.15) is 18.3 Å². The predicted molar refractivity (Wildman–Crippen MR) is 197 cm³/mol. The number of rotatable bonds is 13. The maximum Gasteiger partial charge on any atom is 0.435 e. The maximum atomic E-state index is 13.9. The quantitative estimate of drug-likeness (QED) is 0.126. The van der Waals surface area contributed by atoms with E-state index in [1.807, 2.05) is 66.7 Å². The van der Waals surface area contributed by atoms with Crippen molar-refractivity contribution in [2.75, 3.05) is 16.8 Å². The SMILES string of the molecule is CC(C)(C)OC(=O)NCc1cccc(-n2nc(C(F)(F)F)cc2C(=O)Nc2cccc(CN(CC3CC3)c3cccc(OCc4ccccc4)c3)c2)c1. The molecule has 4 aromatic carbocycles. The molecule has 276 valence electrons. The molecule has 2 N–H and O–H groups in total. The molecule has 2 amide bonds. The van der Waals surface area contributed by atoms with E-state index in [-0.39, 0.29) is 17.9 Å². The second-order valence-corrected chi connectivity index (χ2v) is 14.1. The van der Waals surface area contributed by atoms with Crippen LogP contribution in [-0.2, 0) is 30.6 Å². The summed E-state index contributed by atoms with van der Waals surface area (Å²) in [6.45, 7) is 7.11. The highest BCUT2D eigenvalue weighted by atomic mass is 19.4. The van der Waals surface area contributed by atoms with Crippen molar-refractivity contribution in [1.29, 1.82) is 0 Å². The molecule has 9 nitrogen and oxygen atoms in total. The molecular formula is C41H42F3N5O4. The minimum absolute atomic E-state index is 0.0489. The lowest BCUT2D eigenvalue weighted by Crippen LogP contribution is -2.32. The number of hydrogen-bond donors (Lipinski definition) is 2. The molecule has 53 heavy (non-hydrogen) atoms. The van der Waals surface area contributed by atoms with Gasteiger partial charge in [-0.1, -0.05) is 60.7 Å². The number of nitrogens with zero attached hydrogens (tertiary/aromatic N) is 3. The standard InChI is InChI=1S/C41H42F3N5O4/c1-40(2,3)53-39(51)45-24-30-12-8-16-34(21-30)49-36(23-37(47-49)41(42,43)44)38(50)46-32-14-7-13-31(20-32)26-48(25-28-18-19-28)33-15-9-17-35(22-33)52-27-29-10-5-4-6-11-29/h4-17,20-23,28H,18-19,24-27H2,1-3H3,(H,45,51)(H,46,50). The maximum absolute atomic E-state index is 13.9. The highest BCUT2D eigenvalue weighted by Crippen LogP contribution is 2.34. The Morgan fingerprint density at radius 2 is 1.57 bits per heavy atom. The molecule has 1 aromatic heterocycles. The normalized spacial score (nSPS) is 12.9. The third-order valence-corrected chi connectivity index (χ3v) is 8.39. The predicted octanol–water partition coefficient (Wildman–Crippen LogP) is 9.16. The van der Waals surface area contributed by atoms with Crippen LogP contribution in [0.15, 0.2) is 109 Å². The van der Waals surface area contributed by atoms with E-state index >= 15 is 0 Å². The van der Waals surface area contributed by atoms with E-state index in [4.69, 9.17) is 9.47 Å². The topological polar surface area (TPSA) is 97.7 Å². The Hall–Kier alpha value is -5.78. The van der Waals surface area contributed by atoms with Gasteiger partial charge < -0.3 is 25.0 Å². The smallest absolute Gasteiger partial charge is 0.435 e. The van der Waals surface area contributed by atoms with Gasteiger partial charge in [-0.3, -0.25) is 4.79 Å². The highest BCUT2D eigenvalue weighted by Gasteiger charge is 2.36. The van der Waals surface area contributed by atoms with Crippen LogP contribution in [0.5, 0.6) is 5.75 Å². The molecule has 0 aliphatic heterocycles. The second-order valence-electron chi connectivity index (χ2n) is 14.1. The number of alkyl carbamates (subject to hydrolysis) is 1. The van der Waals surface area contributed by atoms with Crippen LogP contribution in [0.2, 0.25) is 0 Å². The lowest BCUT2D eigenvalue weighted by Gasteiger charge is -2.26. The second kappa shape index (κ2) is 15.9. The number of anilines is 2. The van der Waals surface area contributed by atoms with Gasteiger partial charge in [-0.25, -0.2) is 9.48 Å². The summed E-state index contributed by atoms with van der Waals surface area (Å²) in [4.78, 5) is 28.1. The van der Waals surface area contributed by atoms with Gasteiger partial charge >= 0.3 is 12.3 Å². The lowest BCUT2D eigenvalue weighted by molar-refractivity contribution is -0.141. The number of hydrogen-bond acceptors (Lipinski definition) is 6. The Morgan fingerprint density at radius 1 is 0.849 bits per heavy atom. The molecule has 0 spiro atoms. The summed E-state index contributed by atoms with van der Waals surface area (Å²) >= 11 is 0. The first-order chi connectivity index (χ1) is 25.3. The molecule has 1 fully saturated rings. The zero-order chi connectivity index (χ0) is 37.6. The van der Waals surface area contributed by atoms with E-state index in [0.717, 1.165) is 52.7 Å². The van der Waals surface area contributed by atoms with E-state index in [2.05, 4.69) is 20.6 Å². The van der Waals surface area contributed by atoms with Crippen molar-refractivity contribution in [1.82, 2.24) is 15.1 Å². The van der Waals surface area contributed by atoms with Gasteiger partial charge in [-0.05, 0) is 92.6 Å². The highest BCUT2D eigenvalue weighted by molar-refractivity contribution is 6.03. The Morgan fingerprint density at radius 3 is 2.30 bits per heavy atom. The molecule has 5 aromatic rings. The number of halogens is 3. The molecule has 6 rings (SSSR count). The average molecular weight is 726 g/mol. The largest absolute Gasteiger partial charge is 0.489 e. The van der Waals surface area contributed by atoms with Crippen LogP contribution >= 0.6 is 0 Å². The van der Waals surface area contributed by atoms with Crippen LogP contribution in [0.1, 0.15) is 66.5 Å². The molecule has 0 atom stereocenters. The van der Waals surface area contributed by atoms with Crippen molar-refractivity contribution in [3.63, 3.8) is 0 Å². The zero-order valence-electron chi connectivity index (χ0n) is 29.8. The van der Waals surface area contributed by atoms with Gasteiger partial charge in [0.15, 0.2) is 5.69 Å². The van der Waals surface area contributed by atoms with E-state index < -0.39 is 29.5 Å². The van der Waals surface area contributed by atoms with Crippen molar-refractivity contribution >= 4 is 23.4 Å². The Kier molecular flexibility index (Phi) is 11.1. The fourth-order valence-electron chi connectivity index (χ4n) is 5.71. The van der Waals surface area contributed by atoms with Crippen molar-refractivity contribution in [3.8, 4) is 11.4 Å². The summed E-state index contributed by atoms with van der Waals surface area (Å²) in [5.41, 5.74) is 1.99. The van der Waals surface area contributed by atoms with Gasteiger partial charge in [0, 0.05) is 43.1 Å². The van der Waals surface area contributed by atoms with Crippen molar-refractivity contribution < 1.29 is 32.2 Å². The van der Waals surface area contributed by atoms with Crippen LogP contribution in [-0.4, -0.2) is 33.9 Å². The molecule has 1 heterocycles. The first-order valence-electron chi connectivity index (χ1n) is 17.4. The van der Waals surface area contributed by atoms with Crippen LogP contribution in [0.25, 0.3) is 5.69 Å². The molecule has 1 aliphatic rings. The molecular weight excluding hydrogens is 683 g/mol. The van der Waals surface area contributed by atoms with Crippen LogP contribution in [0.4, 0.5) is 29.3 Å². The number of ether oxygens (including phenoxy) is 2. The number of benzene rings is 4. The molecule has 1 saturated carbocycles. The van der Waals surface area contributed by atoms with Crippen LogP contribution in [0.3, 0.4) is 0 Å². The lowest BCUT2D eigenvalue weighted by atomic mass is 10.1. The summed E-state index contributed by atoms with van der Waals surface area (Å²) in [5.74, 6) is 0.579. The Balaban J connectivity index is 1.18. The van der Waals surface area contributed by atoms with Crippen LogP contribution in [0, 0.1) is 5.92 Å². The monoisotopic (exact) mass is 725 g/mol. The number of nitrogens with one attached hydrogen (secondary N) is 2. The van der Waals surface area contributed by atoms with Gasteiger partial charge in [-0.15, -0.1) is 0 Å². The van der Waals surface area contributed by atoms with E-state index in [0.29, 0.717) is 30.3 Å². The third kappa shape index (κ3) is 10.6. The molecule has 12 heteroatoms. The fraction of sp³-hybridized carbons (Fsp3) is 0.293. The number of carbonyl (C=O) groups excluding carboxylic acids is 2. The summed E-state index contributed by atoms with van der Waals surface area (Å²) in [5, 5.41) is 9.17. The molecule has 0 unspecified atom stereocenters. The number of alkyl halides is 3. The minimum atomic E-state index is -4.79. The van der Waals surface area contributed by atoms with E-state index in [1.54, 1.807) is 51.1 Å². The molecule has 0 radical (unpaired) electrons. The van der Waals surface area contributed by atoms with Gasteiger partial charge in [0.25, 0.3) is 5.91 Å². The zero-order valence-corrected chi connectivity index (χ0v) is 29.8. The fourth-order valence-corrected chi connectivity index (χ4v) is 5.71. The molecule has 0 bridgehead atoms. The van der Waals surface area contributed by atoms with Gasteiger partial charge in [0.05, 0.1) is 5.69 Å². The Bertz CT molecular complexity index is 2040. The summed E-state index contributed by atoms with van der Waals surface area (Å²) < 4.78 is 54.0. The number of aromatic nitrogens is 2. The van der Waals surface area contributed by atoms with Gasteiger partial charge in [0.2, 0.25) is 0 Å². The number of carbonyl (C=O) groups is 2. The molecule has 1 aliphatic carbocycles. The van der Waals surface area contributed by atoms with Crippen molar-refractivity contribution in [2.45, 2.75) is 65.1 Å². The summed E-state index contributed by atoms with van der Waals surface area (Å²) in [6.07, 6.45) is -3.10. The average Bonchev–Trinajstić information content (AvgIpc) is 3.81. The van der Waals surface area contributed by atoms with Crippen molar-refractivity contribution in [3.05, 3.63) is 137 Å². The van der Waals surface area contributed by atoms with Crippen molar-refractivity contribution in [2.24, 2.45) is 5.92 Å². The van der Waals surface area contributed by atoms with E-state index in [1.165, 1.54) is 6.07 Å². The number of amides is 2. The molecule has 0 saturated heterocycles. The first-order valence-corrected chi connectivity index (χ1v) is 17.4.